The molecule has 0 fully saturated rings. The Morgan fingerprint density at radius 1 is 1.09 bits per heavy atom. The molecule has 0 aliphatic heterocycles. The molecule has 1 heterocycles. The number of nitrogens with zero attached hydrogens (tertiary/aromatic N) is 1. The molecule has 0 aliphatic carbocycles. The van der Waals surface area contributed by atoms with Gasteiger partial charge < -0.3 is 15.4 Å². The monoisotopic (exact) mass is 307 g/mol. The maximum absolute atomic E-state index is 12.1. The largest absolute Gasteiger partial charge is 0.495 e. The van der Waals surface area contributed by atoms with Gasteiger partial charge >= 0.3 is 6.03 Å². The number of ether oxygens (including phenoxy) is 1. The number of nitrogens with one attached hydrogen (secondary N) is 2. The van der Waals surface area contributed by atoms with Crippen LogP contribution in [-0.2, 0) is 6.54 Å². The molecule has 1 aromatic heterocycles. The summed E-state index contributed by atoms with van der Waals surface area (Å²) in [5.74, 6) is 0.617. The maximum atomic E-state index is 12.1. The Labute approximate surface area is 134 Å². The molecule has 5 nitrogen and oxygen atoms in total. The molecule has 0 spiro atoms. The van der Waals surface area contributed by atoms with Crippen molar-refractivity contribution in [2.24, 2.45) is 0 Å². The first-order chi connectivity index (χ1) is 11.3. The number of anilines is 1. The van der Waals surface area contributed by atoms with Gasteiger partial charge in [-0.3, -0.25) is 4.98 Å². The summed E-state index contributed by atoms with van der Waals surface area (Å²) in [6.07, 6.45) is 1.75. The van der Waals surface area contributed by atoms with Crippen LogP contribution in [0.25, 0.3) is 10.8 Å². The molecular formula is C18H17N3O2. The lowest BCUT2D eigenvalue weighted by molar-refractivity contribution is 0.251. The zero-order valence-electron chi connectivity index (χ0n) is 12.7. The zero-order chi connectivity index (χ0) is 16.1. The van der Waals surface area contributed by atoms with Gasteiger partial charge in [0.25, 0.3) is 0 Å². The van der Waals surface area contributed by atoms with E-state index in [1.165, 1.54) is 0 Å². The minimum absolute atomic E-state index is 0.302. The summed E-state index contributed by atoms with van der Waals surface area (Å²) in [4.78, 5) is 16.4. The van der Waals surface area contributed by atoms with Gasteiger partial charge in [-0.05, 0) is 23.6 Å². The van der Waals surface area contributed by atoms with Crippen LogP contribution >= 0.6 is 0 Å². The first-order valence-corrected chi connectivity index (χ1v) is 7.28. The van der Waals surface area contributed by atoms with Crippen LogP contribution in [0, 0.1) is 0 Å². The lowest BCUT2D eigenvalue weighted by atomic mass is 10.1. The number of hydrogen-bond acceptors (Lipinski definition) is 3. The number of para-hydroxylation sites is 2. The highest BCUT2D eigenvalue weighted by atomic mass is 16.5. The van der Waals surface area contributed by atoms with Crippen molar-refractivity contribution in [1.29, 1.82) is 0 Å². The highest BCUT2D eigenvalue weighted by Crippen LogP contribution is 2.22. The van der Waals surface area contributed by atoms with E-state index in [-0.39, 0.29) is 6.03 Å². The molecule has 3 rings (SSSR count). The predicted molar refractivity (Wildman–Crippen MR) is 90.6 cm³/mol. The smallest absolute Gasteiger partial charge is 0.319 e. The first-order valence-electron chi connectivity index (χ1n) is 7.28. The molecule has 0 atom stereocenters. The molecule has 2 amide bonds. The molecule has 0 saturated heterocycles. The molecule has 2 aromatic carbocycles. The fourth-order valence-corrected chi connectivity index (χ4v) is 2.40. The van der Waals surface area contributed by atoms with Gasteiger partial charge in [-0.2, -0.15) is 0 Å². The van der Waals surface area contributed by atoms with Crippen LogP contribution in [0.4, 0.5) is 10.5 Å². The van der Waals surface area contributed by atoms with Crippen molar-refractivity contribution in [3.05, 3.63) is 66.5 Å². The minimum atomic E-state index is -0.302. The van der Waals surface area contributed by atoms with E-state index < -0.39 is 0 Å². The molecule has 5 heteroatoms. The average Bonchev–Trinajstić information content (AvgIpc) is 2.60. The van der Waals surface area contributed by atoms with Crippen molar-refractivity contribution in [2.45, 2.75) is 6.54 Å². The molecule has 0 unspecified atom stereocenters. The van der Waals surface area contributed by atoms with E-state index >= 15 is 0 Å². The summed E-state index contributed by atoms with van der Waals surface area (Å²) >= 11 is 0. The number of carbonyl (C=O) groups is 1. The number of aromatic nitrogens is 1. The van der Waals surface area contributed by atoms with Crippen molar-refractivity contribution < 1.29 is 9.53 Å². The quantitative estimate of drug-likeness (QED) is 0.774. The molecule has 3 aromatic rings. The molecule has 2 N–H and O–H groups in total. The van der Waals surface area contributed by atoms with E-state index in [2.05, 4.69) is 15.6 Å². The summed E-state index contributed by atoms with van der Waals surface area (Å²) in [6.45, 7) is 0.350. The highest BCUT2D eigenvalue weighted by molar-refractivity contribution is 5.91. The van der Waals surface area contributed by atoms with E-state index in [0.717, 1.165) is 16.5 Å². The standard InChI is InChI=1S/C18H17N3O2/c1-23-17-9-5-4-8-15(17)21-18(22)20-12-16-14-7-3-2-6-13(14)10-11-19-16/h2-11H,12H2,1H3,(H2,20,21,22). The number of hydrogen-bond donors (Lipinski definition) is 2. The van der Waals surface area contributed by atoms with E-state index in [1.807, 2.05) is 42.5 Å². The molecule has 0 radical (unpaired) electrons. The fraction of sp³-hybridized carbons (Fsp3) is 0.111. The lowest BCUT2D eigenvalue weighted by Gasteiger charge is -2.11. The Bertz CT molecular complexity index is 828. The van der Waals surface area contributed by atoms with Gasteiger partial charge in [-0.25, -0.2) is 4.79 Å². The number of amides is 2. The van der Waals surface area contributed by atoms with Crippen molar-refractivity contribution in [2.75, 3.05) is 12.4 Å². The van der Waals surface area contributed by atoms with Crippen LogP contribution in [0.15, 0.2) is 60.8 Å². The molecule has 0 saturated carbocycles. The summed E-state index contributed by atoms with van der Waals surface area (Å²) in [5, 5.41) is 7.74. The van der Waals surface area contributed by atoms with E-state index in [1.54, 1.807) is 25.4 Å². The third-order valence-corrected chi connectivity index (χ3v) is 3.53. The van der Waals surface area contributed by atoms with Crippen molar-refractivity contribution in [3.63, 3.8) is 0 Å². The number of benzene rings is 2. The summed E-state index contributed by atoms with van der Waals surface area (Å²) in [6, 6.07) is 16.9. The Kier molecular flexibility index (Phi) is 4.38. The van der Waals surface area contributed by atoms with Crippen LogP contribution in [0.5, 0.6) is 5.75 Å². The lowest BCUT2D eigenvalue weighted by Crippen LogP contribution is -2.28. The predicted octanol–water partition coefficient (Wildman–Crippen LogP) is 3.57. The number of urea groups is 1. The van der Waals surface area contributed by atoms with Gasteiger partial charge in [0.15, 0.2) is 0 Å². The molecule has 116 valence electrons. The van der Waals surface area contributed by atoms with Crippen LogP contribution in [0.2, 0.25) is 0 Å². The summed E-state index contributed by atoms with van der Waals surface area (Å²) < 4.78 is 5.21. The Hall–Kier alpha value is -3.08. The second-order valence-corrected chi connectivity index (χ2v) is 4.99. The summed E-state index contributed by atoms with van der Waals surface area (Å²) in [5.41, 5.74) is 1.46. The number of rotatable bonds is 4. The second kappa shape index (κ2) is 6.79. The number of fused-ring (bicyclic) bond motifs is 1. The highest BCUT2D eigenvalue weighted by Gasteiger charge is 2.08. The van der Waals surface area contributed by atoms with E-state index in [9.17, 15) is 4.79 Å². The number of pyridine rings is 1. The van der Waals surface area contributed by atoms with E-state index in [4.69, 9.17) is 4.74 Å². The Balaban J connectivity index is 1.69. The molecular weight excluding hydrogens is 290 g/mol. The molecule has 23 heavy (non-hydrogen) atoms. The van der Waals surface area contributed by atoms with Crippen molar-refractivity contribution in [3.8, 4) is 5.75 Å². The third-order valence-electron chi connectivity index (χ3n) is 3.53. The SMILES string of the molecule is COc1ccccc1NC(=O)NCc1nccc2ccccc12. The number of carbonyl (C=O) groups excluding carboxylic acids is 1. The van der Waals surface area contributed by atoms with Crippen LogP contribution in [0.1, 0.15) is 5.69 Å². The average molecular weight is 307 g/mol. The number of methoxy groups -OCH3 is 1. The van der Waals surface area contributed by atoms with Gasteiger partial charge in [-0.1, -0.05) is 36.4 Å². The van der Waals surface area contributed by atoms with Gasteiger partial charge in [0.05, 0.1) is 25.0 Å². The zero-order valence-corrected chi connectivity index (χ0v) is 12.7. The second-order valence-electron chi connectivity index (χ2n) is 4.99. The third kappa shape index (κ3) is 3.40. The Morgan fingerprint density at radius 3 is 2.74 bits per heavy atom. The van der Waals surface area contributed by atoms with Crippen molar-refractivity contribution >= 4 is 22.5 Å². The van der Waals surface area contributed by atoms with Gasteiger partial charge in [0, 0.05) is 11.6 Å². The normalized spacial score (nSPS) is 10.3. The summed E-state index contributed by atoms with van der Waals surface area (Å²) in [7, 11) is 1.57. The topological polar surface area (TPSA) is 63.2 Å². The van der Waals surface area contributed by atoms with E-state index in [0.29, 0.717) is 18.0 Å². The first kappa shape index (κ1) is 14.8. The fourth-order valence-electron chi connectivity index (χ4n) is 2.40. The van der Waals surface area contributed by atoms with Gasteiger partial charge in [0.2, 0.25) is 0 Å². The minimum Gasteiger partial charge on any atom is -0.495 e. The van der Waals surface area contributed by atoms with Crippen LogP contribution < -0.4 is 15.4 Å². The van der Waals surface area contributed by atoms with Crippen LogP contribution in [-0.4, -0.2) is 18.1 Å². The Morgan fingerprint density at radius 2 is 1.87 bits per heavy atom. The van der Waals surface area contributed by atoms with Gasteiger partial charge in [0.1, 0.15) is 5.75 Å². The molecule has 0 bridgehead atoms. The van der Waals surface area contributed by atoms with Crippen LogP contribution in [0.3, 0.4) is 0 Å². The maximum Gasteiger partial charge on any atom is 0.319 e. The molecule has 0 aliphatic rings. The van der Waals surface area contributed by atoms with Crippen molar-refractivity contribution in [1.82, 2.24) is 10.3 Å². The van der Waals surface area contributed by atoms with Gasteiger partial charge in [-0.15, -0.1) is 0 Å².